The normalized spacial score (nSPS) is 15.2. The van der Waals surface area contributed by atoms with Crippen LogP contribution in [0, 0.1) is 0 Å². The summed E-state index contributed by atoms with van der Waals surface area (Å²) < 4.78 is 134. The second kappa shape index (κ2) is 4.72. The van der Waals surface area contributed by atoms with Crippen molar-refractivity contribution in [3.05, 3.63) is 0 Å². The molecule has 18 heavy (non-hydrogen) atoms. The molecule has 0 atom stereocenters. The van der Waals surface area contributed by atoms with Crippen molar-refractivity contribution in [2.75, 3.05) is 0 Å². The summed E-state index contributed by atoms with van der Waals surface area (Å²) in [5, 5.41) is -7.00. The van der Waals surface area contributed by atoms with Gasteiger partial charge in [0.25, 0.3) is 0 Å². The first-order chi connectivity index (χ1) is 7.00. The summed E-state index contributed by atoms with van der Waals surface area (Å²) in [6.07, 6.45) is -7.13. The van der Waals surface area contributed by atoms with Crippen LogP contribution < -0.4 is 0 Å². The first kappa shape index (κ1) is 20.1. The molecular weight excluding hydrogens is 363 g/mol. The van der Waals surface area contributed by atoms with E-state index in [-0.39, 0.29) is 17.1 Å². The maximum Gasteiger partial charge on any atom is 0.460 e. The molecule has 3 nitrogen and oxygen atoms in total. The third-order valence-electron chi connectivity index (χ3n) is 1.44. The third kappa shape index (κ3) is 2.70. The summed E-state index contributed by atoms with van der Waals surface area (Å²) in [6.45, 7) is 0. The molecular formula is C4HCuF9O3S. The molecule has 0 aliphatic rings. The number of halogens is 9. The number of hydrogen-bond donors (Lipinski definition) is 1. The zero-order chi connectivity index (χ0) is 14.5. The van der Waals surface area contributed by atoms with Crippen LogP contribution in [0.15, 0.2) is 0 Å². The van der Waals surface area contributed by atoms with Crippen LogP contribution in [0.4, 0.5) is 39.5 Å². The van der Waals surface area contributed by atoms with Crippen molar-refractivity contribution in [3.8, 4) is 0 Å². The molecule has 0 fully saturated rings. The summed E-state index contributed by atoms with van der Waals surface area (Å²) in [7, 11) is -7.17. The van der Waals surface area contributed by atoms with Gasteiger partial charge in [-0.1, -0.05) is 0 Å². The van der Waals surface area contributed by atoms with Gasteiger partial charge in [0.15, 0.2) is 0 Å². The Morgan fingerprint density at radius 2 is 1.00 bits per heavy atom. The van der Waals surface area contributed by atoms with Crippen molar-refractivity contribution < 1.29 is 69.6 Å². The van der Waals surface area contributed by atoms with Crippen molar-refractivity contribution in [1.29, 1.82) is 0 Å². The summed E-state index contributed by atoms with van der Waals surface area (Å²) in [4.78, 5) is 0. The predicted octanol–water partition coefficient (Wildman–Crippen LogP) is 2.30. The van der Waals surface area contributed by atoms with Crippen LogP contribution in [0.1, 0.15) is 0 Å². The fraction of sp³-hybridized carbons (Fsp3) is 1.00. The molecule has 1 N–H and O–H groups in total. The first-order valence-electron chi connectivity index (χ1n) is 3.17. The number of alkyl halides is 9. The molecule has 0 amide bonds. The van der Waals surface area contributed by atoms with Gasteiger partial charge >= 0.3 is 33.4 Å². The predicted molar refractivity (Wildman–Crippen MR) is 32.4 cm³/mol. The van der Waals surface area contributed by atoms with E-state index in [0.717, 1.165) is 0 Å². The van der Waals surface area contributed by atoms with E-state index in [4.69, 9.17) is 4.55 Å². The zero-order valence-electron chi connectivity index (χ0n) is 7.38. The van der Waals surface area contributed by atoms with Gasteiger partial charge in [-0.25, -0.2) is 0 Å². The number of hydrogen-bond acceptors (Lipinski definition) is 2. The minimum absolute atomic E-state index is 0. The summed E-state index contributed by atoms with van der Waals surface area (Å²) >= 11 is 0. The van der Waals surface area contributed by atoms with E-state index in [2.05, 4.69) is 0 Å². The molecule has 115 valence electrons. The van der Waals surface area contributed by atoms with Crippen LogP contribution in [0.5, 0.6) is 0 Å². The Bertz CT molecular complexity index is 399. The van der Waals surface area contributed by atoms with Gasteiger partial charge in [-0.2, -0.15) is 47.9 Å². The van der Waals surface area contributed by atoms with Gasteiger partial charge in [-0.15, -0.1) is 0 Å². The summed E-state index contributed by atoms with van der Waals surface area (Å²) in [5.41, 5.74) is 0. The van der Waals surface area contributed by atoms with Crippen molar-refractivity contribution in [2.45, 2.75) is 23.3 Å². The Hall–Kier alpha value is -0.201. The van der Waals surface area contributed by atoms with Gasteiger partial charge in [-0.3, -0.25) is 4.55 Å². The molecule has 0 saturated carbocycles. The summed E-state index contributed by atoms with van der Waals surface area (Å²) in [5.74, 6) is -14.7. The maximum absolute atomic E-state index is 12.2. The fourth-order valence-corrected chi connectivity index (χ4v) is 0.975. The van der Waals surface area contributed by atoms with Gasteiger partial charge in [0, 0.05) is 17.1 Å². The van der Waals surface area contributed by atoms with Crippen LogP contribution in [0.2, 0.25) is 0 Å². The molecule has 0 aromatic rings. The maximum atomic E-state index is 12.2. The Morgan fingerprint density at radius 1 is 0.722 bits per heavy atom. The third-order valence-corrected chi connectivity index (χ3v) is 2.34. The van der Waals surface area contributed by atoms with Gasteiger partial charge in [0.1, 0.15) is 0 Å². The van der Waals surface area contributed by atoms with E-state index in [1.54, 1.807) is 0 Å². The molecule has 0 heterocycles. The monoisotopic (exact) mass is 363 g/mol. The average molecular weight is 364 g/mol. The van der Waals surface area contributed by atoms with Crippen LogP contribution in [0.25, 0.3) is 0 Å². The van der Waals surface area contributed by atoms with Crippen molar-refractivity contribution >= 4 is 10.1 Å². The molecule has 1 radical (unpaired) electrons. The molecule has 0 saturated heterocycles. The van der Waals surface area contributed by atoms with Crippen LogP contribution >= 0.6 is 0 Å². The Balaban J connectivity index is 0. The topological polar surface area (TPSA) is 54.4 Å². The number of rotatable bonds is 3. The van der Waals surface area contributed by atoms with E-state index >= 15 is 0 Å². The molecule has 14 heteroatoms. The Morgan fingerprint density at radius 3 is 1.17 bits per heavy atom. The average Bonchev–Trinajstić information content (AvgIpc) is 1.98. The Kier molecular flexibility index (Phi) is 5.28. The Labute approximate surface area is 104 Å². The molecule has 0 bridgehead atoms. The van der Waals surface area contributed by atoms with E-state index in [0.29, 0.717) is 0 Å². The second-order valence-electron chi connectivity index (χ2n) is 2.64. The van der Waals surface area contributed by atoms with Crippen LogP contribution in [-0.2, 0) is 27.2 Å². The van der Waals surface area contributed by atoms with Gasteiger partial charge in [0.2, 0.25) is 0 Å². The van der Waals surface area contributed by atoms with Crippen molar-refractivity contribution in [2.24, 2.45) is 0 Å². The van der Waals surface area contributed by atoms with Crippen molar-refractivity contribution in [1.82, 2.24) is 0 Å². The largest absolute Gasteiger partial charge is 0.460 e. The summed E-state index contributed by atoms with van der Waals surface area (Å²) in [6, 6.07) is 0. The molecule has 0 rings (SSSR count). The molecule has 0 aliphatic heterocycles. The SMILES string of the molecule is O=S(=O)(O)C(F)(F)C(F)(F)C(F)(F)C(F)(F)F.[Cu]. The van der Waals surface area contributed by atoms with E-state index in [9.17, 15) is 47.9 Å². The quantitative estimate of drug-likeness (QED) is 0.475. The van der Waals surface area contributed by atoms with Crippen molar-refractivity contribution in [3.63, 3.8) is 0 Å². The molecule has 0 aromatic heterocycles. The molecule has 0 spiro atoms. The molecule has 0 aliphatic carbocycles. The first-order valence-corrected chi connectivity index (χ1v) is 4.61. The van der Waals surface area contributed by atoms with E-state index < -0.39 is 33.4 Å². The smallest absolute Gasteiger partial charge is 0.281 e. The molecule has 0 unspecified atom stereocenters. The van der Waals surface area contributed by atoms with Crippen LogP contribution in [-0.4, -0.2) is 36.2 Å². The van der Waals surface area contributed by atoms with E-state index in [1.807, 2.05) is 0 Å². The second-order valence-corrected chi connectivity index (χ2v) is 4.10. The minimum Gasteiger partial charge on any atom is -0.281 e. The standard InChI is InChI=1S/C4HF9O3S.Cu/c5-1(6,3(9,10)11)2(7,8)4(12,13)17(14,15)16;/h(H,14,15,16);. The van der Waals surface area contributed by atoms with Crippen LogP contribution in [0.3, 0.4) is 0 Å². The van der Waals surface area contributed by atoms with Gasteiger partial charge in [0.05, 0.1) is 0 Å². The fourth-order valence-electron chi connectivity index (χ4n) is 0.523. The molecule has 0 aromatic carbocycles. The minimum atomic E-state index is -7.37. The zero-order valence-corrected chi connectivity index (χ0v) is 9.13. The van der Waals surface area contributed by atoms with E-state index in [1.165, 1.54) is 0 Å². The van der Waals surface area contributed by atoms with Gasteiger partial charge < -0.3 is 0 Å². The van der Waals surface area contributed by atoms with Gasteiger partial charge in [-0.05, 0) is 0 Å².